The van der Waals surface area contributed by atoms with E-state index in [4.69, 9.17) is 16.3 Å². The fourth-order valence-electron chi connectivity index (χ4n) is 2.38. The lowest BCUT2D eigenvalue weighted by Crippen LogP contribution is -2.47. The van der Waals surface area contributed by atoms with E-state index in [9.17, 15) is 9.50 Å². The maximum absolute atomic E-state index is 13.0. The lowest BCUT2D eigenvalue weighted by atomic mass is 9.94. The summed E-state index contributed by atoms with van der Waals surface area (Å²) in [6.45, 7) is 3.78. The monoisotopic (exact) mass is 301 g/mol. The zero-order chi connectivity index (χ0) is 14.6. The second kappa shape index (κ2) is 6.85. The third-order valence-electron chi connectivity index (χ3n) is 3.74. The van der Waals surface area contributed by atoms with Crippen LogP contribution in [0.15, 0.2) is 18.2 Å². The van der Waals surface area contributed by atoms with Crippen molar-refractivity contribution in [2.75, 3.05) is 19.8 Å². The van der Waals surface area contributed by atoms with Crippen molar-refractivity contribution < 1.29 is 14.2 Å². The first-order valence-electron chi connectivity index (χ1n) is 6.96. The summed E-state index contributed by atoms with van der Waals surface area (Å²) < 4.78 is 18.2. The van der Waals surface area contributed by atoms with Gasteiger partial charge in [0.1, 0.15) is 5.82 Å². The quantitative estimate of drug-likeness (QED) is 0.878. The highest BCUT2D eigenvalue weighted by Crippen LogP contribution is 2.21. The van der Waals surface area contributed by atoms with Gasteiger partial charge in [-0.3, -0.25) is 0 Å². The Hall–Kier alpha value is -0.680. The fraction of sp³-hybridized carbons (Fsp3) is 0.600. The molecule has 0 bridgehead atoms. The molecule has 1 aromatic carbocycles. The van der Waals surface area contributed by atoms with Gasteiger partial charge >= 0.3 is 0 Å². The first-order chi connectivity index (χ1) is 9.48. The van der Waals surface area contributed by atoms with Gasteiger partial charge in [0.2, 0.25) is 0 Å². The molecule has 5 heteroatoms. The summed E-state index contributed by atoms with van der Waals surface area (Å²) in [5.74, 6) is -0.323. The predicted molar refractivity (Wildman–Crippen MR) is 77.6 cm³/mol. The number of benzene rings is 1. The van der Waals surface area contributed by atoms with Crippen LogP contribution in [-0.4, -0.2) is 36.5 Å². The molecule has 1 fully saturated rings. The van der Waals surface area contributed by atoms with Gasteiger partial charge in [0.05, 0.1) is 5.60 Å². The Morgan fingerprint density at radius 1 is 1.45 bits per heavy atom. The topological polar surface area (TPSA) is 41.5 Å². The fourth-order valence-corrected chi connectivity index (χ4v) is 2.63. The molecule has 2 N–H and O–H groups in total. The molecule has 0 aliphatic carbocycles. The van der Waals surface area contributed by atoms with Crippen LogP contribution in [0.4, 0.5) is 4.39 Å². The van der Waals surface area contributed by atoms with Crippen LogP contribution in [0.3, 0.4) is 0 Å². The van der Waals surface area contributed by atoms with Crippen LogP contribution in [0.1, 0.15) is 25.3 Å². The van der Waals surface area contributed by atoms with Crippen LogP contribution in [-0.2, 0) is 11.2 Å². The molecule has 1 aromatic rings. The molecule has 0 saturated carbocycles. The lowest BCUT2D eigenvalue weighted by Gasteiger charge is -2.33. The zero-order valence-corrected chi connectivity index (χ0v) is 12.4. The van der Waals surface area contributed by atoms with Gasteiger partial charge < -0.3 is 15.2 Å². The van der Waals surface area contributed by atoms with E-state index in [1.807, 2.05) is 6.92 Å². The number of halogens is 2. The van der Waals surface area contributed by atoms with Crippen molar-refractivity contribution in [1.82, 2.24) is 5.32 Å². The van der Waals surface area contributed by atoms with Gasteiger partial charge in [-0.2, -0.15) is 0 Å². The maximum Gasteiger partial charge on any atom is 0.124 e. The summed E-state index contributed by atoms with van der Waals surface area (Å²) in [6.07, 6.45) is 2.01. The molecule has 1 aliphatic heterocycles. The van der Waals surface area contributed by atoms with Crippen LogP contribution in [0.25, 0.3) is 0 Å². The van der Waals surface area contributed by atoms with Crippen LogP contribution in [0.5, 0.6) is 0 Å². The minimum atomic E-state index is -0.681. The minimum Gasteiger partial charge on any atom is -0.388 e. The third-order valence-corrected chi connectivity index (χ3v) is 4.10. The van der Waals surface area contributed by atoms with Gasteiger partial charge in [-0.1, -0.05) is 17.7 Å². The van der Waals surface area contributed by atoms with Crippen LogP contribution >= 0.6 is 11.6 Å². The van der Waals surface area contributed by atoms with E-state index in [1.54, 1.807) is 6.07 Å². The Morgan fingerprint density at radius 3 is 2.80 bits per heavy atom. The van der Waals surface area contributed by atoms with E-state index in [1.165, 1.54) is 12.1 Å². The standard InChI is InChI=1S/C15H21ClFNO2/c1-11(8-12-2-3-13(17)9-14(12)16)18-10-15(19)4-6-20-7-5-15/h2-3,9,11,18-19H,4-8,10H2,1H3. The van der Waals surface area contributed by atoms with Crippen molar-refractivity contribution in [1.29, 1.82) is 0 Å². The van der Waals surface area contributed by atoms with Crippen molar-refractivity contribution in [3.05, 3.63) is 34.6 Å². The second-order valence-corrected chi connectivity index (χ2v) is 5.97. The predicted octanol–water partition coefficient (Wildman–Crippen LogP) is 2.54. The van der Waals surface area contributed by atoms with Crippen LogP contribution in [0, 0.1) is 5.82 Å². The smallest absolute Gasteiger partial charge is 0.124 e. The number of hydrogen-bond donors (Lipinski definition) is 2. The molecule has 0 radical (unpaired) electrons. The van der Waals surface area contributed by atoms with Crippen molar-refractivity contribution in [3.63, 3.8) is 0 Å². The highest BCUT2D eigenvalue weighted by atomic mass is 35.5. The summed E-state index contributed by atoms with van der Waals surface area (Å²) in [4.78, 5) is 0. The molecule has 0 spiro atoms. The van der Waals surface area contributed by atoms with Gasteiger partial charge in [-0.05, 0) is 31.0 Å². The summed E-state index contributed by atoms with van der Waals surface area (Å²) in [5, 5.41) is 14.1. The third kappa shape index (κ3) is 4.42. The van der Waals surface area contributed by atoms with Crippen molar-refractivity contribution in [3.8, 4) is 0 Å². The molecule has 0 aromatic heterocycles. The second-order valence-electron chi connectivity index (χ2n) is 5.56. The summed E-state index contributed by atoms with van der Waals surface area (Å²) >= 11 is 6.02. The first kappa shape index (κ1) is 15.7. The Labute approximate surface area is 124 Å². The van der Waals surface area contributed by atoms with Gasteiger partial charge in [0.25, 0.3) is 0 Å². The molecular formula is C15H21ClFNO2. The van der Waals surface area contributed by atoms with E-state index >= 15 is 0 Å². The van der Waals surface area contributed by atoms with Crippen LogP contribution in [0.2, 0.25) is 5.02 Å². The van der Waals surface area contributed by atoms with E-state index in [-0.39, 0.29) is 11.9 Å². The van der Waals surface area contributed by atoms with Gasteiger partial charge in [0, 0.05) is 43.7 Å². The van der Waals surface area contributed by atoms with Crippen molar-refractivity contribution in [2.24, 2.45) is 0 Å². The Morgan fingerprint density at radius 2 is 2.15 bits per heavy atom. The van der Waals surface area contributed by atoms with E-state index in [0.29, 0.717) is 44.0 Å². The maximum atomic E-state index is 13.0. The van der Waals surface area contributed by atoms with Gasteiger partial charge in [0.15, 0.2) is 0 Å². The average Bonchev–Trinajstić information content (AvgIpc) is 2.41. The summed E-state index contributed by atoms with van der Waals surface area (Å²) in [7, 11) is 0. The zero-order valence-electron chi connectivity index (χ0n) is 11.7. The highest BCUT2D eigenvalue weighted by molar-refractivity contribution is 6.31. The molecule has 1 unspecified atom stereocenters. The van der Waals surface area contributed by atoms with Crippen molar-refractivity contribution in [2.45, 2.75) is 37.8 Å². The number of nitrogens with one attached hydrogen (secondary N) is 1. The molecule has 112 valence electrons. The normalized spacial score (nSPS) is 19.8. The van der Waals surface area contributed by atoms with E-state index in [2.05, 4.69) is 5.32 Å². The summed E-state index contributed by atoms with van der Waals surface area (Å²) in [6, 6.07) is 4.61. The Bertz CT molecular complexity index is 449. The Kier molecular flexibility index (Phi) is 5.38. The first-order valence-corrected chi connectivity index (χ1v) is 7.34. The molecule has 0 amide bonds. The van der Waals surface area contributed by atoms with Crippen molar-refractivity contribution >= 4 is 11.6 Å². The molecule has 3 nitrogen and oxygen atoms in total. The van der Waals surface area contributed by atoms with E-state index < -0.39 is 5.60 Å². The number of hydrogen-bond acceptors (Lipinski definition) is 3. The number of aliphatic hydroxyl groups is 1. The average molecular weight is 302 g/mol. The lowest BCUT2D eigenvalue weighted by molar-refractivity contribution is -0.0625. The number of ether oxygens (including phenoxy) is 1. The highest BCUT2D eigenvalue weighted by Gasteiger charge is 2.29. The molecule has 1 atom stereocenters. The molecule has 20 heavy (non-hydrogen) atoms. The minimum absolute atomic E-state index is 0.157. The van der Waals surface area contributed by atoms with Crippen LogP contribution < -0.4 is 5.32 Å². The van der Waals surface area contributed by atoms with E-state index in [0.717, 1.165) is 5.56 Å². The molecule has 2 rings (SSSR count). The molecular weight excluding hydrogens is 281 g/mol. The summed E-state index contributed by atoms with van der Waals surface area (Å²) in [5.41, 5.74) is 0.228. The largest absolute Gasteiger partial charge is 0.388 e. The molecule has 1 saturated heterocycles. The van der Waals surface area contributed by atoms with Gasteiger partial charge in [-0.15, -0.1) is 0 Å². The van der Waals surface area contributed by atoms with Gasteiger partial charge in [-0.25, -0.2) is 4.39 Å². The number of rotatable bonds is 5. The molecule has 1 aliphatic rings. The Balaban J connectivity index is 1.84. The molecule has 1 heterocycles. The SMILES string of the molecule is CC(Cc1ccc(F)cc1Cl)NCC1(O)CCOCC1.